The second-order valence-corrected chi connectivity index (χ2v) is 4.47. The molecule has 5 nitrogen and oxygen atoms in total. The summed E-state index contributed by atoms with van der Waals surface area (Å²) in [5.41, 5.74) is -0.549. The molecule has 0 aromatic rings. The maximum atomic E-state index is 11.6. The van der Waals surface area contributed by atoms with Crippen LogP contribution < -0.4 is 0 Å². The number of carbonyl (C=O) groups is 2. The first-order valence-corrected chi connectivity index (χ1v) is 5.94. The second-order valence-electron chi connectivity index (χ2n) is 4.03. The van der Waals surface area contributed by atoms with E-state index in [1.165, 1.54) is 12.2 Å². The maximum absolute atomic E-state index is 11.6. The summed E-state index contributed by atoms with van der Waals surface area (Å²) in [5.74, 6) is -0.719. The van der Waals surface area contributed by atoms with Gasteiger partial charge in [0.2, 0.25) is 0 Å². The van der Waals surface area contributed by atoms with Crippen molar-refractivity contribution < 1.29 is 19.2 Å². The van der Waals surface area contributed by atoms with Crippen molar-refractivity contribution in [1.82, 2.24) is 0 Å². The van der Waals surface area contributed by atoms with Gasteiger partial charge in [-0.15, -0.1) is 11.6 Å². The average Bonchev–Trinajstić information content (AvgIpc) is 2.63. The van der Waals surface area contributed by atoms with E-state index in [4.69, 9.17) is 21.2 Å². The molecule has 0 aromatic heterocycles. The van der Waals surface area contributed by atoms with Gasteiger partial charge >= 0.3 is 5.97 Å². The molecule has 96 valence electrons. The minimum absolute atomic E-state index is 0.0153. The van der Waals surface area contributed by atoms with Crippen LogP contribution >= 0.6 is 11.6 Å². The average molecular weight is 270 g/mol. The van der Waals surface area contributed by atoms with E-state index < -0.39 is 16.9 Å². The number of alkyl halides is 1. The summed E-state index contributed by atoms with van der Waals surface area (Å²) in [6, 6.07) is 0. The first-order chi connectivity index (χ1) is 8.50. The van der Waals surface area contributed by atoms with E-state index in [2.05, 4.69) is 5.16 Å². The summed E-state index contributed by atoms with van der Waals surface area (Å²) >= 11 is 6.19. The Hall–Kier alpha value is -1.62. The zero-order valence-corrected chi connectivity index (χ0v) is 10.7. The highest BCUT2D eigenvalue weighted by atomic mass is 35.5. The molecule has 0 bridgehead atoms. The van der Waals surface area contributed by atoms with Crippen LogP contribution in [-0.4, -0.2) is 35.0 Å². The van der Waals surface area contributed by atoms with Crippen LogP contribution in [0.4, 0.5) is 0 Å². The Labute approximate surface area is 109 Å². The van der Waals surface area contributed by atoms with Gasteiger partial charge in [-0.05, 0) is 37.6 Å². The van der Waals surface area contributed by atoms with Gasteiger partial charge in [-0.25, -0.2) is 4.79 Å². The molecule has 0 saturated carbocycles. The Bertz CT molecular complexity index is 494. The van der Waals surface area contributed by atoms with E-state index >= 15 is 0 Å². The molecule has 0 aromatic carbocycles. The lowest BCUT2D eigenvalue weighted by molar-refractivity contribution is -0.135. The number of ketones is 1. The van der Waals surface area contributed by atoms with E-state index in [-0.39, 0.29) is 18.1 Å². The Morgan fingerprint density at radius 2 is 2.39 bits per heavy atom. The third kappa shape index (κ3) is 1.95. The summed E-state index contributed by atoms with van der Waals surface area (Å²) in [5, 5.41) is 2.87. The van der Waals surface area contributed by atoms with E-state index in [1.807, 2.05) is 0 Å². The third-order valence-corrected chi connectivity index (χ3v) is 3.30. The summed E-state index contributed by atoms with van der Waals surface area (Å²) < 4.78 is 4.83. The molecule has 0 fully saturated rings. The highest BCUT2D eigenvalue weighted by Crippen LogP contribution is 2.35. The molecule has 2 atom stereocenters. The Morgan fingerprint density at radius 1 is 1.67 bits per heavy atom. The zero-order chi connectivity index (χ0) is 13.3. The monoisotopic (exact) mass is 269 g/mol. The first-order valence-electron chi connectivity index (χ1n) is 5.50. The van der Waals surface area contributed by atoms with Crippen molar-refractivity contribution in [3.63, 3.8) is 0 Å². The van der Waals surface area contributed by atoms with Crippen molar-refractivity contribution in [2.45, 2.75) is 24.8 Å². The van der Waals surface area contributed by atoms with Gasteiger partial charge < -0.3 is 9.57 Å². The summed E-state index contributed by atoms with van der Waals surface area (Å²) in [7, 11) is 0. The second kappa shape index (κ2) is 4.57. The molecule has 0 N–H and O–H groups in total. The Morgan fingerprint density at radius 3 is 3.00 bits per heavy atom. The number of rotatable bonds is 2. The lowest BCUT2D eigenvalue weighted by Crippen LogP contribution is -2.41. The van der Waals surface area contributed by atoms with Crippen molar-refractivity contribution in [1.29, 1.82) is 0 Å². The molecule has 1 aliphatic carbocycles. The standard InChI is InChI=1S/C12H12ClNO4/c1-3-17-11(16)9-10(13)12(18-14-9)5-4-8(15)7(2)6-12/h4-6,10H,3H2,1-2H3/t10-,12+/m1/s1. The van der Waals surface area contributed by atoms with Crippen LogP contribution in [0.3, 0.4) is 0 Å². The number of hydrogen-bond acceptors (Lipinski definition) is 5. The van der Waals surface area contributed by atoms with Crippen molar-refractivity contribution in [2.75, 3.05) is 6.61 Å². The number of oxime groups is 1. The van der Waals surface area contributed by atoms with Crippen LogP contribution in [-0.2, 0) is 19.2 Å². The first kappa shape index (κ1) is 12.8. The summed E-state index contributed by atoms with van der Waals surface area (Å²) in [6.07, 6.45) is 4.45. The van der Waals surface area contributed by atoms with Crippen LogP contribution in [0, 0.1) is 0 Å². The van der Waals surface area contributed by atoms with Gasteiger partial charge in [0.25, 0.3) is 0 Å². The summed E-state index contributed by atoms with van der Waals surface area (Å²) in [6.45, 7) is 3.58. The molecule has 18 heavy (non-hydrogen) atoms. The zero-order valence-electron chi connectivity index (χ0n) is 9.97. The molecule has 1 spiro atoms. The number of hydrogen-bond donors (Lipinski definition) is 0. The molecule has 2 aliphatic rings. The molecule has 1 heterocycles. The van der Waals surface area contributed by atoms with E-state index in [1.54, 1.807) is 19.9 Å². The van der Waals surface area contributed by atoms with Gasteiger partial charge in [-0.3, -0.25) is 4.79 Å². The Balaban J connectivity index is 2.25. The number of allylic oxidation sites excluding steroid dienone is 2. The molecular weight excluding hydrogens is 258 g/mol. The van der Waals surface area contributed by atoms with Gasteiger partial charge in [0.05, 0.1) is 6.61 Å². The molecule has 0 amide bonds. The van der Waals surface area contributed by atoms with E-state index in [9.17, 15) is 9.59 Å². The fourth-order valence-electron chi connectivity index (χ4n) is 1.79. The Kier molecular flexibility index (Phi) is 3.26. The molecule has 0 saturated heterocycles. The molecule has 0 unspecified atom stereocenters. The maximum Gasteiger partial charge on any atom is 0.357 e. The van der Waals surface area contributed by atoms with Crippen molar-refractivity contribution >= 4 is 29.1 Å². The van der Waals surface area contributed by atoms with Gasteiger partial charge in [0, 0.05) is 0 Å². The van der Waals surface area contributed by atoms with Gasteiger partial charge in [-0.1, -0.05) is 5.16 Å². The van der Waals surface area contributed by atoms with Crippen molar-refractivity contribution in [3.8, 4) is 0 Å². The minimum Gasteiger partial charge on any atom is -0.461 e. The number of esters is 1. The highest BCUT2D eigenvalue weighted by molar-refractivity contribution is 6.50. The highest BCUT2D eigenvalue weighted by Gasteiger charge is 2.49. The van der Waals surface area contributed by atoms with E-state index in [0.717, 1.165) is 0 Å². The van der Waals surface area contributed by atoms with Gasteiger partial charge in [-0.2, -0.15) is 0 Å². The van der Waals surface area contributed by atoms with Gasteiger partial charge in [0.15, 0.2) is 17.1 Å². The smallest absolute Gasteiger partial charge is 0.357 e. The number of ether oxygens (including phenoxy) is 1. The van der Waals surface area contributed by atoms with Crippen LogP contribution in [0.25, 0.3) is 0 Å². The quantitative estimate of drug-likeness (QED) is 0.561. The third-order valence-electron chi connectivity index (χ3n) is 2.75. The van der Waals surface area contributed by atoms with Crippen LogP contribution in [0.2, 0.25) is 0 Å². The number of halogens is 1. The predicted octanol–water partition coefficient (Wildman–Crippen LogP) is 1.37. The fourth-order valence-corrected chi connectivity index (χ4v) is 2.09. The molecule has 6 heteroatoms. The normalized spacial score (nSPS) is 29.9. The minimum atomic E-state index is -1.07. The SMILES string of the molecule is CCOC(=O)C1=NO[C@]2(C=CC(=O)C(C)=C2)[C@@H]1Cl. The number of carbonyl (C=O) groups excluding carboxylic acids is 2. The molecule has 2 rings (SSSR count). The molecular formula is C12H12ClNO4. The lowest BCUT2D eigenvalue weighted by Gasteiger charge is -2.25. The molecule has 1 aliphatic heterocycles. The largest absolute Gasteiger partial charge is 0.461 e. The van der Waals surface area contributed by atoms with Crippen LogP contribution in [0.5, 0.6) is 0 Å². The van der Waals surface area contributed by atoms with E-state index in [0.29, 0.717) is 5.57 Å². The topological polar surface area (TPSA) is 65.0 Å². The van der Waals surface area contributed by atoms with Crippen LogP contribution in [0.15, 0.2) is 29.0 Å². The van der Waals surface area contributed by atoms with Crippen molar-refractivity contribution in [3.05, 3.63) is 23.8 Å². The van der Waals surface area contributed by atoms with Crippen molar-refractivity contribution in [2.24, 2.45) is 5.16 Å². The summed E-state index contributed by atoms with van der Waals surface area (Å²) in [4.78, 5) is 28.2. The predicted molar refractivity (Wildman–Crippen MR) is 65.4 cm³/mol. The fraction of sp³-hybridized carbons (Fsp3) is 0.417. The number of nitrogens with zero attached hydrogens (tertiary/aromatic N) is 1. The molecule has 0 radical (unpaired) electrons. The lowest BCUT2D eigenvalue weighted by atomic mass is 9.88. The van der Waals surface area contributed by atoms with Gasteiger partial charge in [0.1, 0.15) is 5.38 Å². The van der Waals surface area contributed by atoms with Crippen LogP contribution in [0.1, 0.15) is 13.8 Å².